The quantitative estimate of drug-likeness (QED) is 0.750. The fourth-order valence-corrected chi connectivity index (χ4v) is 3.21. The average molecular weight is 267 g/mol. The third kappa shape index (κ3) is 1.61. The number of fused-ring (bicyclic) bond motifs is 2. The first-order valence-corrected chi connectivity index (χ1v) is 7.14. The summed E-state index contributed by atoms with van der Waals surface area (Å²) in [5.74, 6) is 0.987. The van der Waals surface area contributed by atoms with Gasteiger partial charge in [-0.3, -0.25) is 0 Å². The van der Waals surface area contributed by atoms with E-state index in [9.17, 15) is 5.11 Å². The number of rotatable bonds is 2. The molecule has 2 N–H and O–H groups in total. The first-order chi connectivity index (χ1) is 9.88. The van der Waals surface area contributed by atoms with Gasteiger partial charge in [0, 0.05) is 34.9 Å². The van der Waals surface area contributed by atoms with Gasteiger partial charge in [0.1, 0.15) is 5.82 Å². The number of aromatic nitrogens is 3. The summed E-state index contributed by atoms with van der Waals surface area (Å²) in [5, 5.41) is 10.7. The predicted octanol–water partition coefficient (Wildman–Crippen LogP) is 2.86. The van der Waals surface area contributed by atoms with E-state index in [2.05, 4.69) is 21.7 Å². The summed E-state index contributed by atoms with van der Waals surface area (Å²) in [6.45, 7) is 1.02. The Morgan fingerprint density at radius 1 is 1.25 bits per heavy atom. The Kier molecular flexibility index (Phi) is 2.63. The molecule has 2 aromatic heterocycles. The van der Waals surface area contributed by atoms with E-state index in [0.717, 1.165) is 35.6 Å². The van der Waals surface area contributed by atoms with Crippen molar-refractivity contribution in [2.75, 3.05) is 0 Å². The standard InChI is InChI=1S/C16H17N3O/c20-10-14-15-7-3-4-8-19(15)16(18-14)12-9-17-13-6-2-1-5-11(12)13/h1-2,5-6,9,17,20H,3-4,7-8,10H2. The van der Waals surface area contributed by atoms with Crippen molar-refractivity contribution in [2.45, 2.75) is 32.4 Å². The van der Waals surface area contributed by atoms with E-state index in [0.29, 0.717) is 0 Å². The van der Waals surface area contributed by atoms with Gasteiger partial charge in [0.2, 0.25) is 0 Å². The number of nitrogens with one attached hydrogen (secondary N) is 1. The van der Waals surface area contributed by atoms with E-state index in [1.165, 1.54) is 23.9 Å². The van der Waals surface area contributed by atoms with Gasteiger partial charge in [0.05, 0.1) is 12.3 Å². The minimum atomic E-state index is 0.0255. The first kappa shape index (κ1) is 11.7. The maximum atomic E-state index is 9.53. The zero-order valence-electron chi connectivity index (χ0n) is 11.3. The molecule has 0 saturated heterocycles. The Labute approximate surface area is 117 Å². The van der Waals surface area contributed by atoms with Crippen LogP contribution in [0.15, 0.2) is 30.5 Å². The Hall–Kier alpha value is -2.07. The number of aromatic amines is 1. The molecule has 0 bridgehead atoms. The second-order valence-electron chi connectivity index (χ2n) is 5.34. The first-order valence-electron chi connectivity index (χ1n) is 7.14. The van der Waals surface area contributed by atoms with Crippen LogP contribution in [0.1, 0.15) is 24.2 Å². The number of nitrogens with zero attached hydrogens (tertiary/aromatic N) is 2. The van der Waals surface area contributed by atoms with Crippen LogP contribution in [0, 0.1) is 0 Å². The Morgan fingerprint density at radius 2 is 2.15 bits per heavy atom. The Bertz CT molecular complexity index is 769. The summed E-state index contributed by atoms with van der Waals surface area (Å²) in [6.07, 6.45) is 5.41. The number of hydrogen-bond acceptors (Lipinski definition) is 2. The number of H-pyrrole nitrogens is 1. The Balaban J connectivity index is 1.96. The maximum absolute atomic E-state index is 9.53. The van der Waals surface area contributed by atoms with E-state index >= 15 is 0 Å². The third-order valence-electron chi connectivity index (χ3n) is 4.18. The van der Waals surface area contributed by atoms with Gasteiger partial charge in [-0.25, -0.2) is 4.98 Å². The number of aliphatic hydroxyl groups is 1. The molecule has 0 atom stereocenters. The van der Waals surface area contributed by atoms with Crippen LogP contribution < -0.4 is 0 Å². The molecule has 1 aliphatic rings. The van der Waals surface area contributed by atoms with Gasteiger partial charge in [0.25, 0.3) is 0 Å². The molecule has 4 heteroatoms. The third-order valence-corrected chi connectivity index (χ3v) is 4.18. The summed E-state index contributed by atoms with van der Waals surface area (Å²) in [7, 11) is 0. The molecule has 0 spiro atoms. The zero-order chi connectivity index (χ0) is 13.5. The number of aliphatic hydroxyl groups excluding tert-OH is 1. The molecule has 0 saturated carbocycles. The monoisotopic (exact) mass is 267 g/mol. The molecule has 0 radical (unpaired) electrons. The molecule has 1 aliphatic heterocycles. The molecule has 20 heavy (non-hydrogen) atoms. The average Bonchev–Trinajstić information content (AvgIpc) is 3.08. The lowest BCUT2D eigenvalue weighted by molar-refractivity contribution is 0.275. The second kappa shape index (κ2) is 4.49. The van der Waals surface area contributed by atoms with Crippen molar-refractivity contribution in [3.63, 3.8) is 0 Å². The fraction of sp³-hybridized carbons (Fsp3) is 0.312. The van der Waals surface area contributed by atoms with Crippen molar-refractivity contribution in [1.82, 2.24) is 14.5 Å². The SMILES string of the molecule is OCc1nc(-c2c[nH]c3ccccc23)n2c1CCCC2. The lowest BCUT2D eigenvalue weighted by atomic mass is 10.1. The van der Waals surface area contributed by atoms with Gasteiger partial charge >= 0.3 is 0 Å². The lowest BCUT2D eigenvalue weighted by Gasteiger charge is -2.17. The second-order valence-corrected chi connectivity index (χ2v) is 5.34. The molecule has 1 aromatic carbocycles. The minimum absolute atomic E-state index is 0.0255. The number of hydrogen-bond donors (Lipinski definition) is 2. The summed E-state index contributed by atoms with van der Waals surface area (Å²) in [6, 6.07) is 8.27. The molecule has 0 fully saturated rings. The summed E-state index contributed by atoms with van der Waals surface area (Å²) >= 11 is 0. The molecular formula is C16H17N3O. The summed E-state index contributed by atoms with van der Waals surface area (Å²) < 4.78 is 2.28. The van der Waals surface area contributed by atoms with Crippen LogP contribution >= 0.6 is 0 Å². The molecule has 0 amide bonds. The van der Waals surface area contributed by atoms with Crippen LogP contribution in [0.25, 0.3) is 22.3 Å². The van der Waals surface area contributed by atoms with Crippen LogP contribution in [0.2, 0.25) is 0 Å². The summed E-state index contributed by atoms with van der Waals surface area (Å²) in [5.41, 5.74) is 4.30. The van der Waals surface area contributed by atoms with Gasteiger partial charge in [-0.1, -0.05) is 18.2 Å². The van der Waals surface area contributed by atoms with Gasteiger partial charge in [0.15, 0.2) is 0 Å². The van der Waals surface area contributed by atoms with E-state index in [1.807, 2.05) is 18.3 Å². The Morgan fingerprint density at radius 3 is 3.05 bits per heavy atom. The van der Waals surface area contributed by atoms with Gasteiger partial charge < -0.3 is 14.7 Å². The lowest BCUT2D eigenvalue weighted by Crippen LogP contribution is -2.11. The smallest absolute Gasteiger partial charge is 0.142 e. The van der Waals surface area contributed by atoms with Crippen LogP contribution in [0.3, 0.4) is 0 Å². The molecule has 102 valence electrons. The van der Waals surface area contributed by atoms with E-state index in [-0.39, 0.29) is 6.61 Å². The molecule has 0 aliphatic carbocycles. The molecular weight excluding hydrogens is 250 g/mol. The topological polar surface area (TPSA) is 53.8 Å². The molecule has 4 nitrogen and oxygen atoms in total. The number of imidazole rings is 1. The van der Waals surface area contributed by atoms with Crippen LogP contribution in [-0.4, -0.2) is 19.6 Å². The van der Waals surface area contributed by atoms with Crippen molar-refractivity contribution >= 4 is 10.9 Å². The highest BCUT2D eigenvalue weighted by Crippen LogP contribution is 2.32. The van der Waals surface area contributed by atoms with Crippen LogP contribution in [0.4, 0.5) is 0 Å². The van der Waals surface area contributed by atoms with Crippen molar-refractivity contribution in [3.8, 4) is 11.4 Å². The summed E-state index contributed by atoms with van der Waals surface area (Å²) in [4.78, 5) is 8.00. The zero-order valence-corrected chi connectivity index (χ0v) is 11.3. The molecule has 3 aromatic rings. The number of benzene rings is 1. The van der Waals surface area contributed by atoms with Crippen LogP contribution in [0.5, 0.6) is 0 Å². The van der Waals surface area contributed by atoms with Gasteiger partial charge in [-0.05, 0) is 25.3 Å². The minimum Gasteiger partial charge on any atom is -0.390 e. The maximum Gasteiger partial charge on any atom is 0.142 e. The van der Waals surface area contributed by atoms with E-state index in [4.69, 9.17) is 4.98 Å². The highest BCUT2D eigenvalue weighted by atomic mass is 16.3. The predicted molar refractivity (Wildman–Crippen MR) is 78.4 cm³/mol. The van der Waals surface area contributed by atoms with Crippen LogP contribution in [-0.2, 0) is 19.6 Å². The van der Waals surface area contributed by atoms with Gasteiger partial charge in [-0.15, -0.1) is 0 Å². The van der Waals surface area contributed by atoms with Crippen molar-refractivity contribution in [1.29, 1.82) is 0 Å². The van der Waals surface area contributed by atoms with Crippen molar-refractivity contribution in [2.24, 2.45) is 0 Å². The van der Waals surface area contributed by atoms with E-state index < -0.39 is 0 Å². The molecule has 4 rings (SSSR count). The molecule has 0 unspecified atom stereocenters. The largest absolute Gasteiger partial charge is 0.390 e. The van der Waals surface area contributed by atoms with E-state index in [1.54, 1.807) is 0 Å². The highest BCUT2D eigenvalue weighted by Gasteiger charge is 2.21. The normalized spacial score (nSPS) is 14.7. The molecule has 3 heterocycles. The number of para-hydroxylation sites is 1. The highest BCUT2D eigenvalue weighted by molar-refractivity contribution is 5.93. The van der Waals surface area contributed by atoms with Crippen molar-refractivity contribution in [3.05, 3.63) is 41.9 Å². The van der Waals surface area contributed by atoms with Gasteiger partial charge in [-0.2, -0.15) is 0 Å². The van der Waals surface area contributed by atoms with Crippen molar-refractivity contribution < 1.29 is 5.11 Å². The fourth-order valence-electron chi connectivity index (χ4n) is 3.21.